The van der Waals surface area contributed by atoms with Crippen LogP contribution in [0.2, 0.25) is 0 Å². The van der Waals surface area contributed by atoms with E-state index < -0.39 is 0 Å². The second-order valence-electron chi connectivity index (χ2n) is 6.52. The molecule has 0 saturated carbocycles. The Kier molecular flexibility index (Phi) is 5.99. The molecule has 0 aliphatic heterocycles. The van der Waals surface area contributed by atoms with E-state index >= 15 is 0 Å². The zero-order valence-electron chi connectivity index (χ0n) is 15.0. The van der Waals surface area contributed by atoms with Crippen LogP contribution in [-0.2, 0) is 24.2 Å². The Balaban J connectivity index is 1.88. The number of aromatic nitrogens is 2. The van der Waals surface area contributed by atoms with Gasteiger partial charge in [0.25, 0.3) is 5.56 Å². The van der Waals surface area contributed by atoms with E-state index in [-0.39, 0.29) is 17.2 Å². The Morgan fingerprint density at radius 2 is 2.35 bits per heavy atom. The number of carbonyl (C=O) groups excluding carboxylic acids is 1. The molecule has 1 aliphatic carbocycles. The van der Waals surface area contributed by atoms with E-state index in [9.17, 15) is 9.59 Å². The summed E-state index contributed by atoms with van der Waals surface area (Å²) in [4.78, 5) is 31.7. The molecular weight excluding hydrogens is 368 g/mol. The van der Waals surface area contributed by atoms with E-state index in [4.69, 9.17) is 10.2 Å². The number of nitrogens with one attached hydrogen (secondary N) is 1. The van der Waals surface area contributed by atoms with Crippen LogP contribution in [0.4, 0.5) is 0 Å². The van der Waals surface area contributed by atoms with Gasteiger partial charge < -0.3 is 5.32 Å². The standard InChI is InChI=1S/C18H22N4O2S2/c1-3-22-17(24)15-12-6-5-11(2)9-13(12)26-16(15)21-18(22)25-10-14(23)20-8-4-7-19/h11H,3-6,8-10H2,1-2H3,(H,20,23). The summed E-state index contributed by atoms with van der Waals surface area (Å²) in [7, 11) is 0. The predicted molar refractivity (Wildman–Crippen MR) is 105 cm³/mol. The lowest BCUT2D eigenvalue weighted by atomic mass is 9.89. The predicted octanol–water partition coefficient (Wildman–Crippen LogP) is 2.72. The number of fused-ring (bicyclic) bond motifs is 3. The third kappa shape index (κ3) is 3.79. The first-order valence-corrected chi connectivity index (χ1v) is 10.7. The van der Waals surface area contributed by atoms with Crippen molar-refractivity contribution in [3.05, 3.63) is 20.8 Å². The average molecular weight is 391 g/mol. The first kappa shape index (κ1) is 18.9. The van der Waals surface area contributed by atoms with Gasteiger partial charge in [-0.3, -0.25) is 14.2 Å². The van der Waals surface area contributed by atoms with E-state index in [2.05, 4.69) is 12.2 Å². The molecule has 0 bridgehead atoms. The molecule has 26 heavy (non-hydrogen) atoms. The van der Waals surface area contributed by atoms with Gasteiger partial charge in [0.1, 0.15) is 4.83 Å². The van der Waals surface area contributed by atoms with Gasteiger partial charge in [0, 0.05) is 18.0 Å². The summed E-state index contributed by atoms with van der Waals surface area (Å²) in [6.07, 6.45) is 3.37. The van der Waals surface area contributed by atoms with Gasteiger partial charge in [-0.2, -0.15) is 5.26 Å². The summed E-state index contributed by atoms with van der Waals surface area (Å²) in [5, 5.41) is 12.6. The third-order valence-electron chi connectivity index (χ3n) is 4.59. The topological polar surface area (TPSA) is 87.8 Å². The molecular formula is C18H22N4O2S2. The molecule has 2 aromatic heterocycles. The normalized spacial score (nSPS) is 16.3. The second kappa shape index (κ2) is 8.23. The highest BCUT2D eigenvalue weighted by Gasteiger charge is 2.24. The Labute approximate surface area is 160 Å². The van der Waals surface area contributed by atoms with Gasteiger partial charge in [-0.05, 0) is 37.7 Å². The maximum absolute atomic E-state index is 13.0. The van der Waals surface area contributed by atoms with Crippen molar-refractivity contribution in [3.63, 3.8) is 0 Å². The molecule has 1 amide bonds. The molecule has 0 aromatic carbocycles. The van der Waals surface area contributed by atoms with Gasteiger partial charge >= 0.3 is 0 Å². The number of thioether (sulfide) groups is 1. The summed E-state index contributed by atoms with van der Waals surface area (Å²) in [5.74, 6) is 0.683. The molecule has 1 aliphatic rings. The van der Waals surface area contributed by atoms with E-state index in [1.807, 2.05) is 13.0 Å². The van der Waals surface area contributed by atoms with E-state index in [1.54, 1.807) is 15.9 Å². The quantitative estimate of drug-likeness (QED) is 0.465. The first-order valence-electron chi connectivity index (χ1n) is 8.86. The van der Waals surface area contributed by atoms with Gasteiger partial charge in [-0.1, -0.05) is 18.7 Å². The third-order valence-corrected chi connectivity index (χ3v) is 6.71. The molecule has 1 unspecified atom stereocenters. The summed E-state index contributed by atoms with van der Waals surface area (Å²) in [5.41, 5.74) is 1.20. The fourth-order valence-electron chi connectivity index (χ4n) is 3.23. The van der Waals surface area contributed by atoms with E-state index in [0.717, 1.165) is 29.5 Å². The molecule has 3 rings (SSSR count). The summed E-state index contributed by atoms with van der Waals surface area (Å²) >= 11 is 2.90. The fraction of sp³-hybridized carbons (Fsp3) is 0.556. The summed E-state index contributed by atoms with van der Waals surface area (Å²) in [6, 6.07) is 1.99. The molecule has 6 nitrogen and oxygen atoms in total. The minimum absolute atomic E-state index is 0.0111. The highest BCUT2D eigenvalue weighted by atomic mass is 32.2. The molecule has 1 atom stereocenters. The van der Waals surface area contributed by atoms with Gasteiger partial charge in [0.2, 0.25) is 5.91 Å². The van der Waals surface area contributed by atoms with Crippen LogP contribution in [0, 0.1) is 17.2 Å². The number of thiophene rings is 1. The summed E-state index contributed by atoms with van der Waals surface area (Å²) in [6.45, 7) is 5.05. The number of nitrogens with zero attached hydrogens (tertiary/aromatic N) is 3. The average Bonchev–Trinajstić information content (AvgIpc) is 2.97. The van der Waals surface area contributed by atoms with Crippen LogP contribution in [0.1, 0.15) is 37.1 Å². The number of carbonyl (C=O) groups is 1. The van der Waals surface area contributed by atoms with Crippen LogP contribution in [0.15, 0.2) is 9.95 Å². The number of aryl methyl sites for hydroxylation is 1. The minimum Gasteiger partial charge on any atom is -0.354 e. The SMILES string of the molecule is CCn1c(SCC(=O)NCCC#N)nc2sc3c(c2c1=O)CCC(C)C3. The van der Waals surface area contributed by atoms with Crippen molar-refractivity contribution < 1.29 is 4.79 Å². The van der Waals surface area contributed by atoms with E-state index in [0.29, 0.717) is 30.6 Å². The molecule has 0 saturated heterocycles. The number of rotatable bonds is 6. The van der Waals surface area contributed by atoms with Crippen molar-refractivity contribution >= 4 is 39.2 Å². The number of hydrogen-bond acceptors (Lipinski definition) is 6. The maximum Gasteiger partial charge on any atom is 0.263 e. The molecule has 138 valence electrons. The van der Waals surface area contributed by atoms with Crippen molar-refractivity contribution in [2.45, 2.75) is 51.2 Å². The minimum atomic E-state index is -0.151. The van der Waals surface area contributed by atoms with Crippen molar-refractivity contribution in [2.75, 3.05) is 12.3 Å². The fourth-order valence-corrected chi connectivity index (χ4v) is 5.55. The van der Waals surface area contributed by atoms with Crippen molar-refractivity contribution in [1.82, 2.24) is 14.9 Å². The zero-order valence-corrected chi connectivity index (χ0v) is 16.6. The Morgan fingerprint density at radius 3 is 3.08 bits per heavy atom. The lowest BCUT2D eigenvalue weighted by Gasteiger charge is -2.17. The number of amides is 1. The first-order chi connectivity index (χ1) is 12.5. The largest absolute Gasteiger partial charge is 0.354 e. The Morgan fingerprint density at radius 1 is 1.54 bits per heavy atom. The lowest BCUT2D eigenvalue weighted by Crippen LogP contribution is -2.27. The van der Waals surface area contributed by atoms with Crippen LogP contribution >= 0.6 is 23.1 Å². The van der Waals surface area contributed by atoms with Crippen LogP contribution in [-0.4, -0.2) is 27.8 Å². The van der Waals surface area contributed by atoms with Crippen LogP contribution in [0.5, 0.6) is 0 Å². The molecule has 1 N–H and O–H groups in total. The molecule has 2 aromatic rings. The van der Waals surface area contributed by atoms with Gasteiger partial charge in [0.05, 0.1) is 23.6 Å². The summed E-state index contributed by atoms with van der Waals surface area (Å²) < 4.78 is 1.67. The second-order valence-corrected chi connectivity index (χ2v) is 8.55. The monoisotopic (exact) mass is 390 g/mol. The maximum atomic E-state index is 13.0. The molecule has 0 radical (unpaired) electrons. The Bertz CT molecular complexity index is 926. The lowest BCUT2D eigenvalue weighted by molar-refractivity contribution is -0.118. The number of nitriles is 1. The smallest absolute Gasteiger partial charge is 0.263 e. The highest BCUT2D eigenvalue weighted by molar-refractivity contribution is 7.99. The van der Waals surface area contributed by atoms with Crippen LogP contribution in [0.25, 0.3) is 10.2 Å². The number of hydrogen-bond donors (Lipinski definition) is 1. The van der Waals surface area contributed by atoms with Gasteiger partial charge in [0.15, 0.2) is 5.16 Å². The van der Waals surface area contributed by atoms with Gasteiger partial charge in [-0.15, -0.1) is 11.3 Å². The van der Waals surface area contributed by atoms with Crippen LogP contribution in [0.3, 0.4) is 0 Å². The van der Waals surface area contributed by atoms with Crippen molar-refractivity contribution in [3.8, 4) is 6.07 Å². The van der Waals surface area contributed by atoms with Crippen molar-refractivity contribution in [2.24, 2.45) is 5.92 Å². The molecule has 2 heterocycles. The molecule has 0 fully saturated rings. The van der Waals surface area contributed by atoms with Gasteiger partial charge in [-0.25, -0.2) is 4.98 Å². The molecule has 0 spiro atoms. The van der Waals surface area contributed by atoms with E-state index in [1.165, 1.54) is 22.2 Å². The zero-order chi connectivity index (χ0) is 18.7. The molecule has 8 heteroatoms. The van der Waals surface area contributed by atoms with Crippen LogP contribution < -0.4 is 10.9 Å². The Hall–Kier alpha value is -1.85. The highest BCUT2D eigenvalue weighted by Crippen LogP contribution is 2.36. The van der Waals surface area contributed by atoms with Crippen molar-refractivity contribution in [1.29, 1.82) is 5.26 Å².